The fraction of sp³-hybridized carbons (Fsp3) is 0.0526. The highest BCUT2D eigenvalue weighted by Gasteiger charge is 2.19. The Hall–Kier alpha value is -2.92. The zero-order chi connectivity index (χ0) is 16.5. The van der Waals surface area contributed by atoms with Gasteiger partial charge < -0.3 is 4.74 Å². The summed E-state index contributed by atoms with van der Waals surface area (Å²) in [6.07, 6.45) is 0.869. The van der Waals surface area contributed by atoms with E-state index < -0.39 is 0 Å². The number of aldehydes is 1. The lowest BCUT2D eigenvalue weighted by molar-refractivity contribution is 0.111. The summed E-state index contributed by atoms with van der Waals surface area (Å²) in [5, 5.41) is 2.00. The third kappa shape index (κ3) is 2.21. The van der Waals surface area contributed by atoms with Crippen molar-refractivity contribution in [2.75, 3.05) is 7.11 Å². The second kappa shape index (κ2) is 5.94. The number of carbonyl (C=O) groups is 1. The van der Waals surface area contributed by atoms with E-state index in [1.54, 1.807) is 7.11 Å². The fourth-order valence-electron chi connectivity index (χ4n) is 2.84. The Morgan fingerprint density at radius 2 is 1.83 bits per heavy atom. The molecule has 2 heterocycles. The maximum Gasteiger partial charge on any atom is 0.195 e. The fourth-order valence-corrected chi connectivity index (χ4v) is 3.74. The number of imidazole rings is 1. The van der Waals surface area contributed by atoms with Crippen LogP contribution in [-0.4, -0.2) is 22.8 Å². The van der Waals surface area contributed by atoms with Gasteiger partial charge in [0.05, 0.1) is 12.8 Å². The van der Waals surface area contributed by atoms with Gasteiger partial charge in [-0.25, -0.2) is 4.98 Å². The molecule has 24 heavy (non-hydrogen) atoms. The Morgan fingerprint density at radius 3 is 2.58 bits per heavy atom. The minimum atomic E-state index is 0.554. The second-order valence-corrected chi connectivity index (χ2v) is 6.11. The molecule has 4 nitrogen and oxygen atoms in total. The average Bonchev–Trinajstić information content (AvgIpc) is 3.21. The molecule has 0 amide bonds. The van der Waals surface area contributed by atoms with E-state index >= 15 is 0 Å². The van der Waals surface area contributed by atoms with E-state index in [1.165, 1.54) is 11.3 Å². The normalized spacial score (nSPS) is 10.9. The minimum absolute atomic E-state index is 0.554. The topological polar surface area (TPSA) is 43.6 Å². The third-order valence-electron chi connectivity index (χ3n) is 3.94. The van der Waals surface area contributed by atoms with E-state index in [0.29, 0.717) is 11.4 Å². The molecule has 0 spiro atoms. The van der Waals surface area contributed by atoms with Gasteiger partial charge in [0.2, 0.25) is 0 Å². The number of hydrogen-bond acceptors (Lipinski definition) is 4. The van der Waals surface area contributed by atoms with Gasteiger partial charge in [-0.05, 0) is 12.1 Å². The number of carbonyl (C=O) groups excluding carboxylic acids is 1. The van der Waals surface area contributed by atoms with Crippen LogP contribution >= 0.6 is 11.3 Å². The van der Waals surface area contributed by atoms with Gasteiger partial charge in [-0.1, -0.05) is 42.5 Å². The molecule has 0 aliphatic heterocycles. The van der Waals surface area contributed by atoms with E-state index in [4.69, 9.17) is 4.74 Å². The van der Waals surface area contributed by atoms with Crippen molar-refractivity contribution < 1.29 is 9.53 Å². The second-order valence-electron chi connectivity index (χ2n) is 5.27. The summed E-state index contributed by atoms with van der Waals surface area (Å²) in [4.78, 5) is 17.3. The van der Waals surface area contributed by atoms with Crippen LogP contribution in [0.3, 0.4) is 0 Å². The molecule has 0 atom stereocenters. The maximum atomic E-state index is 11.8. The number of thiazole rings is 1. The van der Waals surface area contributed by atoms with Crippen molar-refractivity contribution in [2.45, 2.75) is 0 Å². The van der Waals surface area contributed by atoms with Gasteiger partial charge in [-0.2, -0.15) is 0 Å². The van der Waals surface area contributed by atoms with Crippen molar-refractivity contribution in [1.29, 1.82) is 0 Å². The molecule has 4 aromatic rings. The van der Waals surface area contributed by atoms with Crippen LogP contribution in [0.15, 0.2) is 60.0 Å². The Morgan fingerprint density at radius 1 is 1.08 bits per heavy atom. The largest absolute Gasteiger partial charge is 0.496 e. The quantitative estimate of drug-likeness (QED) is 0.514. The molecular formula is C19H14N2O2S. The van der Waals surface area contributed by atoms with Crippen molar-refractivity contribution in [1.82, 2.24) is 9.38 Å². The molecule has 4 rings (SSSR count). The smallest absolute Gasteiger partial charge is 0.195 e. The summed E-state index contributed by atoms with van der Waals surface area (Å²) in [6, 6.07) is 17.5. The molecule has 0 unspecified atom stereocenters. The first-order chi connectivity index (χ1) is 11.8. The van der Waals surface area contributed by atoms with Crippen molar-refractivity contribution in [3.63, 3.8) is 0 Å². The number of ether oxygens (including phenoxy) is 1. The van der Waals surface area contributed by atoms with Gasteiger partial charge in [0, 0.05) is 16.5 Å². The highest BCUT2D eigenvalue weighted by atomic mass is 32.1. The van der Waals surface area contributed by atoms with Crippen molar-refractivity contribution in [3.05, 3.63) is 65.7 Å². The summed E-state index contributed by atoms with van der Waals surface area (Å²) in [7, 11) is 1.65. The van der Waals surface area contributed by atoms with E-state index in [9.17, 15) is 4.79 Å². The van der Waals surface area contributed by atoms with E-state index in [2.05, 4.69) is 4.98 Å². The summed E-state index contributed by atoms with van der Waals surface area (Å²) in [6.45, 7) is 0. The lowest BCUT2D eigenvalue weighted by Crippen LogP contribution is -1.95. The predicted molar refractivity (Wildman–Crippen MR) is 95.9 cm³/mol. The number of para-hydroxylation sites is 1. The highest BCUT2D eigenvalue weighted by Crippen LogP contribution is 2.36. The van der Waals surface area contributed by atoms with Gasteiger partial charge in [-0.15, -0.1) is 11.3 Å². The third-order valence-corrected chi connectivity index (χ3v) is 4.77. The van der Waals surface area contributed by atoms with Crippen molar-refractivity contribution >= 4 is 22.6 Å². The van der Waals surface area contributed by atoms with Gasteiger partial charge in [0.1, 0.15) is 17.1 Å². The highest BCUT2D eigenvalue weighted by molar-refractivity contribution is 7.15. The number of hydrogen-bond donors (Lipinski definition) is 0. The van der Waals surface area contributed by atoms with Gasteiger partial charge in [0.25, 0.3) is 0 Å². The minimum Gasteiger partial charge on any atom is -0.496 e. The Labute approximate surface area is 143 Å². The number of rotatable bonds is 4. The Kier molecular flexibility index (Phi) is 3.63. The summed E-state index contributed by atoms with van der Waals surface area (Å²) in [5.74, 6) is 0.768. The molecule has 0 aliphatic rings. The first kappa shape index (κ1) is 14.7. The molecular weight excluding hydrogens is 320 g/mol. The Bertz CT molecular complexity index is 1020. The average molecular weight is 334 g/mol. The van der Waals surface area contributed by atoms with Gasteiger partial charge in [-0.3, -0.25) is 9.20 Å². The van der Waals surface area contributed by atoms with Crippen LogP contribution in [0.25, 0.3) is 27.5 Å². The molecule has 0 bridgehead atoms. The van der Waals surface area contributed by atoms with E-state index in [1.807, 2.05) is 64.4 Å². The van der Waals surface area contributed by atoms with Crippen LogP contribution in [-0.2, 0) is 0 Å². The van der Waals surface area contributed by atoms with Crippen LogP contribution in [0.5, 0.6) is 5.75 Å². The summed E-state index contributed by atoms with van der Waals surface area (Å²) < 4.78 is 7.37. The zero-order valence-electron chi connectivity index (χ0n) is 13.0. The predicted octanol–water partition coefficient (Wildman–Crippen LogP) is 4.55. The molecule has 0 radical (unpaired) electrons. The van der Waals surface area contributed by atoms with E-state index in [0.717, 1.165) is 33.8 Å². The molecule has 0 fully saturated rings. The molecule has 5 heteroatoms. The molecule has 2 aromatic heterocycles. The number of aromatic nitrogens is 2. The Balaban J connectivity index is 2.00. The molecule has 0 saturated heterocycles. The maximum absolute atomic E-state index is 11.8. The first-order valence-corrected chi connectivity index (χ1v) is 8.35. The van der Waals surface area contributed by atoms with Gasteiger partial charge in [0.15, 0.2) is 11.2 Å². The number of nitrogens with zero attached hydrogens (tertiary/aromatic N) is 2. The number of benzene rings is 2. The van der Waals surface area contributed by atoms with Crippen molar-refractivity contribution in [3.8, 4) is 28.3 Å². The molecule has 118 valence electrons. The van der Waals surface area contributed by atoms with Crippen LogP contribution in [0.1, 0.15) is 10.5 Å². The molecule has 0 saturated carbocycles. The lowest BCUT2D eigenvalue weighted by atomic mass is 10.1. The van der Waals surface area contributed by atoms with Crippen LogP contribution in [0, 0.1) is 0 Å². The van der Waals surface area contributed by atoms with Crippen LogP contribution in [0.2, 0.25) is 0 Å². The summed E-state index contributed by atoms with van der Waals surface area (Å²) in [5.41, 5.74) is 4.03. The molecule has 0 N–H and O–H groups in total. The van der Waals surface area contributed by atoms with E-state index in [-0.39, 0.29) is 0 Å². The number of methoxy groups -OCH3 is 1. The standard InChI is InChI=1S/C19H14N2O2S/c1-23-17-10-6-5-9-14(17)16-12-24-19-20-18(15(11-22)21(16)19)13-7-3-2-4-8-13/h2-12H,1H3. The van der Waals surface area contributed by atoms with Crippen LogP contribution < -0.4 is 4.74 Å². The first-order valence-electron chi connectivity index (χ1n) is 7.47. The van der Waals surface area contributed by atoms with Crippen molar-refractivity contribution in [2.24, 2.45) is 0 Å². The number of fused-ring (bicyclic) bond motifs is 1. The zero-order valence-corrected chi connectivity index (χ0v) is 13.8. The molecule has 0 aliphatic carbocycles. The summed E-state index contributed by atoms with van der Waals surface area (Å²) >= 11 is 1.51. The van der Waals surface area contributed by atoms with Crippen LogP contribution in [0.4, 0.5) is 0 Å². The SMILES string of the molecule is COc1ccccc1-c1csc2nc(-c3ccccc3)c(C=O)n12. The van der Waals surface area contributed by atoms with Gasteiger partial charge >= 0.3 is 0 Å². The monoisotopic (exact) mass is 334 g/mol. The lowest BCUT2D eigenvalue weighted by Gasteiger charge is -2.08. The molecule has 2 aromatic carbocycles.